The largest absolute Gasteiger partial charge is 0.454 e. The van der Waals surface area contributed by atoms with Gasteiger partial charge in [0.2, 0.25) is 12.7 Å². The van der Waals surface area contributed by atoms with Gasteiger partial charge >= 0.3 is 0 Å². The van der Waals surface area contributed by atoms with Crippen LogP contribution in [-0.4, -0.2) is 29.2 Å². The SMILES string of the molecule is Cc1cc(C(=O)Nc2ccc3c(c2)OCO3)nc(NCCc2ccc(F)cc2)n1. The van der Waals surface area contributed by atoms with Gasteiger partial charge in [0.05, 0.1) is 0 Å². The van der Waals surface area contributed by atoms with Crippen molar-refractivity contribution in [3.63, 3.8) is 0 Å². The first-order valence-electron chi connectivity index (χ1n) is 9.12. The number of carbonyl (C=O) groups is 1. The molecule has 0 bridgehead atoms. The summed E-state index contributed by atoms with van der Waals surface area (Å²) in [5.41, 5.74) is 2.49. The van der Waals surface area contributed by atoms with Gasteiger partial charge in [0.25, 0.3) is 5.91 Å². The minimum atomic E-state index is -0.351. The zero-order chi connectivity index (χ0) is 20.2. The second-order valence-corrected chi connectivity index (χ2v) is 6.54. The van der Waals surface area contributed by atoms with E-state index in [4.69, 9.17) is 9.47 Å². The smallest absolute Gasteiger partial charge is 0.274 e. The minimum absolute atomic E-state index is 0.171. The molecule has 7 nitrogen and oxygen atoms in total. The second-order valence-electron chi connectivity index (χ2n) is 6.54. The number of rotatable bonds is 6. The van der Waals surface area contributed by atoms with E-state index in [9.17, 15) is 9.18 Å². The fraction of sp³-hybridized carbons (Fsp3) is 0.190. The summed E-state index contributed by atoms with van der Waals surface area (Å²) in [6.07, 6.45) is 0.677. The van der Waals surface area contributed by atoms with E-state index in [2.05, 4.69) is 20.6 Å². The zero-order valence-corrected chi connectivity index (χ0v) is 15.7. The van der Waals surface area contributed by atoms with Crippen LogP contribution in [0.5, 0.6) is 11.5 Å². The third kappa shape index (κ3) is 4.60. The minimum Gasteiger partial charge on any atom is -0.454 e. The lowest BCUT2D eigenvalue weighted by molar-refractivity contribution is 0.102. The maximum absolute atomic E-state index is 13.0. The third-order valence-electron chi connectivity index (χ3n) is 4.33. The highest BCUT2D eigenvalue weighted by Gasteiger charge is 2.16. The Bertz CT molecular complexity index is 1040. The lowest BCUT2D eigenvalue weighted by atomic mass is 10.1. The number of aryl methyl sites for hydroxylation is 1. The number of halogens is 1. The van der Waals surface area contributed by atoms with E-state index in [-0.39, 0.29) is 24.2 Å². The molecule has 2 heterocycles. The van der Waals surface area contributed by atoms with Crippen molar-refractivity contribution in [3.8, 4) is 11.5 Å². The van der Waals surface area contributed by atoms with Crippen LogP contribution >= 0.6 is 0 Å². The van der Waals surface area contributed by atoms with Crippen molar-refractivity contribution < 1.29 is 18.7 Å². The fourth-order valence-electron chi connectivity index (χ4n) is 2.90. The van der Waals surface area contributed by atoms with Crippen LogP contribution in [0.3, 0.4) is 0 Å². The number of carbonyl (C=O) groups excluding carboxylic acids is 1. The van der Waals surface area contributed by atoms with Crippen LogP contribution in [0, 0.1) is 12.7 Å². The van der Waals surface area contributed by atoms with Gasteiger partial charge in [-0.05, 0) is 49.2 Å². The molecule has 1 aromatic heterocycles. The number of amides is 1. The van der Waals surface area contributed by atoms with Crippen LogP contribution < -0.4 is 20.1 Å². The molecule has 2 N–H and O–H groups in total. The summed E-state index contributed by atoms with van der Waals surface area (Å²) >= 11 is 0. The number of anilines is 2. The van der Waals surface area contributed by atoms with E-state index in [0.29, 0.717) is 41.8 Å². The van der Waals surface area contributed by atoms with Crippen LogP contribution in [0.25, 0.3) is 0 Å². The van der Waals surface area contributed by atoms with E-state index in [1.807, 2.05) is 0 Å². The van der Waals surface area contributed by atoms with E-state index in [0.717, 1.165) is 5.56 Å². The number of nitrogens with zero attached hydrogens (tertiary/aromatic N) is 2. The Morgan fingerprint density at radius 3 is 2.69 bits per heavy atom. The van der Waals surface area contributed by atoms with E-state index in [1.54, 1.807) is 43.3 Å². The van der Waals surface area contributed by atoms with Crippen LogP contribution in [0.2, 0.25) is 0 Å². The highest BCUT2D eigenvalue weighted by molar-refractivity contribution is 6.03. The van der Waals surface area contributed by atoms with Gasteiger partial charge in [-0.15, -0.1) is 0 Å². The number of hydrogen-bond donors (Lipinski definition) is 2. The van der Waals surface area contributed by atoms with Gasteiger partial charge in [-0.3, -0.25) is 4.79 Å². The predicted molar refractivity (Wildman–Crippen MR) is 106 cm³/mol. The molecule has 1 aliphatic rings. The fourth-order valence-corrected chi connectivity index (χ4v) is 2.90. The molecule has 8 heteroatoms. The molecule has 0 aliphatic carbocycles. The number of aromatic nitrogens is 2. The van der Waals surface area contributed by atoms with Gasteiger partial charge in [-0.1, -0.05) is 12.1 Å². The Balaban J connectivity index is 1.40. The maximum atomic E-state index is 13.0. The molecule has 0 atom stereocenters. The van der Waals surface area contributed by atoms with Crippen molar-refractivity contribution in [1.29, 1.82) is 0 Å². The van der Waals surface area contributed by atoms with Crippen molar-refractivity contribution in [3.05, 3.63) is 71.3 Å². The Kier molecular flexibility index (Phi) is 5.24. The molecular formula is C21H19FN4O3. The number of nitrogens with one attached hydrogen (secondary N) is 2. The molecule has 148 valence electrons. The summed E-state index contributed by atoms with van der Waals surface area (Å²) in [5.74, 6) is 0.985. The number of fused-ring (bicyclic) bond motifs is 1. The Morgan fingerprint density at radius 2 is 1.86 bits per heavy atom. The zero-order valence-electron chi connectivity index (χ0n) is 15.7. The van der Waals surface area contributed by atoms with Crippen LogP contribution in [0.15, 0.2) is 48.5 Å². The summed E-state index contributed by atoms with van der Waals surface area (Å²) in [7, 11) is 0. The number of ether oxygens (including phenoxy) is 2. The van der Waals surface area contributed by atoms with E-state index >= 15 is 0 Å². The molecule has 0 saturated carbocycles. The molecule has 2 aromatic carbocycles. The standard InChI is InChI=1S/C21H19FN4O3/c1-13-10-17(20(27)25-16-6-7-18-19(11-16)29-12-28-18)26-21(24-13)23-9-8-14-2-4-15(22)5-3-14/h2-7,10-11H,8-9,12H2,1H3,(H,25,27)(H,23,24,26). The molecule has 1 amide bonds. The Labute approximate surface area is 166 Å². The van der Waals surface area contributed by atoms with Crippen molar-refractivity contribution in [2.75, 3.05) is 24.0 Å². The second kappa shape index (κ2) is 8.14. The summed E-state index contributed by atoms with van der Waals surface area (Å²) < 4.78 is 23.6. The molecular weight excluding hydrogens is 375 g/mol. The van der Waals surface area contributed by atoms with Crippen LogP contribution in [-0.2, 0) is 6.42 Å². The van der Waals surface area contributed by atoms with E-state index in [1.165, 1.54) is 12.1 Å². The molecule has 1 aliphatic heterocycles. The quantitative estimate of drug-likeness (QED) is 0.665. The van der Waals surface area contributed by atoms with Gasteiger partial charge in [-0.2, -0.15) is 0 Å². The van der Waals surface area contributed by atoms with Gasteiger partial charge < -0.3 is 20.1 Å². The van der Waals surface area contributed by atoms with Crippen molar-refractivity contribution in [2.45, 2.75) is 13.3 Å². The molecule has 0 spiro atoms. The Hall–Kier alpha value is -3.68. The van der Waals surface area contributed by atoms with Gasteiger partial charge in [-0.25, -0.2) is 14.4 Å². The first-order chi connectivity index (χ1) is 14.1. The van der Waals surface area contributed by atoms with Crippen molar-refractivity contribution in [1.82, 2.24) is 9.97 Å². The molecule has 0 fully saturated rings. The normalized spacial score (nSPS) is 11.9. The summed E-state index contributed by atoms with van der Waals surface area (Å²) in [5, 5.41) is 5.91. The van der Waals surface area contributed by atoms with Crippen LogP contribution in [0.1, 0.15) is 21.7 Å². The van der Waals surface area contributed by atoms with Gasteiger partial charge in [0.1, 0.15) is 11.5 Å². The monoisotopic (exact) mass is 394 g/mol. The molecule has 0 unspecified atom stereocenters. The molecule has 0 radical (unpaired) electrons. The van der Waals surface area contributed by atoms with E-state index < -0.39 is 0 Å². The van der Waals surface area contributed by atoms with Gasteiger partial charge in [0.15, 0.2) is 11.5 Å². The summed E-state index contributed by atoms with van der Waals surface area (Å²) in [6.45, 7) is 2.52. The number of hydrogen-bond acceptors (Lipinski definition) is 6. The molecule has 0 saturated heterocycles. The van der Waals surface area contributed by atoms with Crippen molar-refractivity contribution >= 4 is 17.5 Å². The first-order valence-corrected chi connectivity index (χ1v) is 9.12. The first kappa shape index (κ1) is 18.7. The average Bonchev–Trinajstić information content (AvgIpc) is 3.17. The maximum Gasteiger partial charge on any atom is 0.274 e. The summed E-state index contributed by atoms with van der Waals surface area (Å²) in [4.78, 5) is 21.2. The topological polar surface area (TPSA) is 85.4 Å². The summed E-state index contributed by atoms with van der Waals surface area (Å²) in [6, 6.07) is 13.1. The predicted octanol–water partition coefficient (Wildman–Crippen LogP) is 3.56. The highest BCUT2D eigenvalue weighted by Crippen LogP contribution is 2.34. The van der Waals surface area contributed by atoms with Crippen LogP contribution in [0.4, 0.5) is 16.0 Å². The third-order valence-corrected chi connectivity index (χ3v) is 4.33. The number of benzene rings is 2. The lowest BCUT2D eigenvalue weighted by Crippen LogP contribution is -2.17. The van der Waals surface area contributed by atoms with Crippen molar-refractivity contribution in [2.24, 2.45) is 0 Å². The Morgan fingerprint density at radius 1 is 1.07 bits per heavy atom. The lowest BCUT2D eigenvalue weighted by Gasteiger charge is -2.09. The average molecular weight is 394 g/mol. The van der Waals surface area contributed by atoms with Gasteiger partial charge in [0, 0.05) is 24.0 Å². The highest BCUT2D eigenvalue weighted by atomic mass is 19.1. The molecule has 4 rings (SSSR count). The molecule has 29 heavy (non-hydrogen) atoms. The molecule has 3 aromatic rings.